The highest BCUT2D eigenvalue weighted by atomic mass is 16.4. The normalized spacial score (nSPS) is 16.3. The molecule has 0 saturated heterocycles. The number of aromatic hydroxyl groups is 2. The molecule has 2 rings (SSSR count). The highest BCUT2D eigenvalue weighted by Crippen LogP contribution is 2.34. The summed E-state index contributed by atoms with van der Waals surface area (Å²) in [6, 6.07) is 4.87. The van der Waals surface area contributed by atoms with Crippen molar-refractivity contribution in [1.29, 1.82) is 0 Å². The predicted molar refractivity (Wildman–Crippen MR) is 124 cm³/mol. The van der Waals surface area contributed by atoms with Crippen molar-refractivity contribution in [3.63, 3.8) is 0 Å². The molecule has 4 heteroatoms. The molecule has 3 N–H and O–H groups in total. The maximum atomic E-state index is 10.4. The van der Waals surface area contributed by atoms with Crippen LogP contribution in [0.15, 0.2) is 42.0 Å². The first-order chi connectivity index (χ1) is 14.0. The first-order valence-corrected chi connectivity index (χ1v) is 11.1. The second-order valence-corrected chi connectivity index (χ2v) is 9.18. The summed E-state index contributed by atoms with van der Waals surface area (Å²) in [5.74, 6) is 0.126. The Morgan fingerprint density at radius 1 is 1.13 bits per heavy atom. The Bertz CT molecular complexity index is 710. The van der Waals surface area contributed by atoms with E-state index in [1.54, 1.807) is 12.1 Å². The van der Waals surface area contributed by atoms with Gasteiger partial charge in [-0.15, -0.1) is 0 Å². The smallest absolute Gasteiger partial charge is 0.307 e. The summed E-state index contributed by atoms with van der Waals surface area (Å²) in [5, 5.41) is 27.6. The predicted octanol–water partition coefficient (Wildman–Crippen LogP) is 7.11. The van der Waals surface area contributed by atoms with Gasteiger partial charge in [0.05, 0.1) is 6.42 Å². The van der Waals surface area contributed by atoms with Crippen LogP contribution in [0.2, 0.25) is 0 Å². The van der Waals surface area contributed by atoms with Gasteiger partial charge in [0.25, 0.3) is 0 Å². The van der Waals surface area contributed by atoms with E-state index in [9.17, 15) is 15.0 Å². The molecule has 1 aliphatic carbocycles. The Balaban J connectivity index is 0.000000311. The molecule has 168 valence electrons. The number of aliphatic carboxylic acids is 1. The lowest BCUT2D eigenvalue weighted by molar-refractivity contribution is -0.136. The number of carboxylic acid groups (broad SMARTS) is 1. The number of phenols is 2. The van der Waals surface area contributed by atoms with E-state index in [0.29, 0.717) is 5.92 Å². The molecule has 4 nitrogen and oxygen atoms in total. The van der Waals surface area contributed by atoms with Gasteiger partial charge in [0.2, 0.25) is 0 Å². The Hall–Kier alpha value is -2.23. The number of hydrogen-bond donors (Lipinski definition) is 3. The van der Waals surface area contributed by atoms with E-state index in [2.05, 4.69) is 33.4 Å². The molecule has 1 aromatic rings. The van der Waals surface area contributed by atoms with E-state index in [1.807, 2.05) is 6.92 Å². The van der Waals surface area contributed by atoms with Crippen molar-refractivity contribution in [2.75, 3.05) is 0 Å². The zero-order valence-electron chi connectivity index (χ0n) is 19.2. The van der Waals surface area contributed by atoms with Gasteiger partial charge < -0.3 is 15.3 Å². The topological polar surface area (TPSA) is 77.8 Å². The Labute approximate surface area is 182 Å². The SMILES string of the molecule is C=C(C)[C@H]1CC=C(CC(=O)O)CC1.CCCCCCC(C)(C)c1cc(O)cc(O)c1. The van der Waals surface area contributed by atoms with Gasteiger partial charge in [-0.3, -0.25) is 4.79 Å². The van der Waals surface area contributed by atoms with Gasteiger partial charge in [-0.05, 0) is 61.6 Å². The molecule has 0 unspecified atom stereocenters. The van der Waals surface area contributed by atoms with Crippen LogP contribution in [0.4, 0.5) is 0 Å². The molecule has 0 heterocycles. The lowest BCUT2D eigenvalue weighted by Crippen LogP contribution is -2.16. The number of carbonyl (C=O) groups is 1. The monoisotopic (exact) mass is 416 g/mol. The number of rotatable bonds is 9. The van der Waals surface area contributed by atoms with E-state index in [-0.39, 0.29) is 23.3 Å². The van der Waals surface area contributed by atoms with Crippen molar-refractivity contribution in [1.82, 2.24) is 0 Å². The summed E-state index contributed by atoms with van der Waals surface area (Å²) in [7, 11) is 0. The second-order valence-electron chi connectivity index (χ2n) is 9.18. The van der Waals surface area contributed by atoms with E-state index in [4.69, 9.17) is 5.11 Å². The minimum Gasteiger partial charge on any atom is -0.508 e. The van der Waals surface area contributed by atoms with Gasteiger partial charge in [0.15, 0.2) is 0 Å². The largest absolute Gasteiger partial charge is 0.508 e. The molecule has 1 atom stereocenters. The van der Waals surface area contributed by atoms with Crippen molar-refractivity contribution >= 4 is 5.97 Å². The highest BCUT2D eigenvalue weighted by molar-refractivity contribution is 5.70. The van der Waals surface area contributed by atoms with E-state index in [0.717, 1.165) is 36.8 Å². The maximum absolute atomic E-state index is 10.4. The van der Waals surface area contributed by atoms with Gasteiger partial charge in [0.1, 0.15) is 11.5 Å². The standard InChI is InChI=1S/C15H24O2.C11H16O2/c1-4-5-6-7-8-15(2,3)12-9-13(16)11-14(17)10-12;1-8(2)10-5-3-9(4-6-10)7-11(12)13/h9-11,16-17H,4-8H2,1-3H3;3,10H,1,4-7H2,2H3,(H,12,13)/t;10-/m.0/s1. The molecule has 1 aromatic carbocycles. The number of hydrogen-bond acceptors (Lipinski definition) is 3. The quantitative estimate of drug-likeness (QED) is 0.296. The molecule has 0 spiro atoms. The van der Waals surface area contributed by atoms with Crippen LogP contribution in [-0.2, 0) is 10.2 Å². The molecule has 0 amide bonds. The molecule has 0 radical (unpaired) electrons. The molecular formula is C26H40O4. The third-order valence-electron chi connectivity index (χ3n) is 5.92. The lowest BCUT2D eigenvalue weighted by Gasteiger charge is -2.25. The summed E-state index contributed by atoms with van der Waals surface area (Å²) in [6.45, 7) is 12.5. The van der Waals surface area contributed by atoms with Crippen LogP contribution in [0.25, 0.3) is 0 Å². The van der Waals surface area contributed by atoms with Crippen molar-refractivity contribution in [3.05, 3.63) is 47.6 Å². The van der Waals surface area contributed by atoms with Crippen LogP contribution in [0.1, 0.15) is 91.0 Å². The maximum Gasteiger partial charge on any atom is 0.307 e. The first-order valence-electron chi connectivity index (χ1n) is 11.1. The number of phenolic OH excluding ortho intramolecular Hbond substituents is 2. The fourth-order valence-electron chi connectivity index (χ4n) is 3.81. The van der Waals surface area contributed by atoms with Crippen LogP contribution in [0.5, 0.6) is 11.5 Å². The van der Waals surface area contributed by atoms with Crippen molar-refractivity contribution < 1.29 is 20.1 Å². The number of benzene rings is 1. The van der Waals surface area contributed by atoms with Gasteiger partial charge in [-0.2, -0.15) is 0 Å². The third-order valence-corrected chi connectivity index (χ3v) is 5.92. The molecule has 0 bridgehead atoms. The summed E-state index contributed by atoms with van der Waals surface area (Å²) < 4.78 is 0. The summed E-state index contributed by atoms with van der Waals surface area (Å²) >= 11 is 0. The minimum atomic E-state index is -0.722. The molecule has 1 aliphatic rings. The average molecular weight is 417 g/mol. The fourth-order valence-corrected chi connectivity index (χ4v) is 3.81. The molecular weight excluding hydrogens is 376 g/mol. The third kappa shape index (κ3) is 9.51. The Morgan fingerprint density at radius 2 is 1.77 bits per heavy atom. The molecule has 0 saturated carbocycles. The van der Waals surface area contributed by atoms with Crippen molar-refractivity contribution in [2.45, 2.75) is 90.9 Å². The molecule has 0 aromatic heterocycles. The van der Waals surface area contributed by atoms with Crippen LogP contribution in [0, 0.1) is 5.92 Å². The van der Waals surface area contributed by atoms with Crippen LogP contribution in [-0.4, -0.2) is 21.3 Å². The average Bonchev–Trinajstić information content (AvgIpc) is 2.65. The van der Waals surface area contributed by atoms with E-state index < -0.39 is 5.97 Å². The Morgan fingerprint density at radius 3 is 2.23 bits per heavy atom. The summed E-state index contributed by atoms with van der Waals surface area (Å²) in [5.41, 5.74) is 3.30. The molecule has 0 aliphatic heterocycles. The first kappa shape index (κ1) is 25.8. The van der Waals surface area contributed by atoms with Gasteiger partial charge in [-0.1, -0.05) is 70.3 Å². The Kier molecular flexibility index (Phi) is 10.7. The number of carboxylic acids is 1. The zero-order chi connectivity index (χ0) is 22.7. The van der Waals surface area contributed by atoms with E-state index in [1.165, 1.54) is 37.3 Å². The van der Waals surface area contributed by atoms with Crippen LogP contribution < -0.4 is 0 Å². The molecule has 30 heavy (non-hydrogen) atoms. The second kappa shape index (κ2) is 12.5. The minimum absolute atomic E-state index is 0.00393. The van der Waals surface area contributed by atoms with Crippen LogP contribution in [0.3, 0.4) is 0 Å². The van der Waals surface area contributed by atoms with Gasteiger partial charge >= 0.3 is 5.97 Å². The molecule has 0 fully saturated rings. The van der Waals surface area contributed by atoms with Crippen LogP contribution >= 0.6 is 0 Å². The van der Waals surface area contributed by atoms with Gasteiger partial charge in [0, 0.05) is 6.07 Å². The summed E-state index contributed by atoms with van der Waals surface area (Å²) in [4.78, 5) is 10.4. The lowest BCUT2D eigenvalue weighted by atomic mass is 9.80. The summed E-state index contributed by atoms with van der Waals surface area (Å²) in [6.07, 6.45) is 11.3. The van der Waals surface area contributed by atoms with Gasteiger partial charge in [-0.25, -0.2) is 0 Å². The zero-order valence-corrected chi connectivity index (χ0v) is 19.2. The number of allylic oxidation sites excluding steroid dienone is 2. The van der Waals surface area contributed by atoms with Crippen molar-refractivity contribution in [2.24, 2.45) is 5.92 Å². The number of unbranched alkanes of at least 4 members (excludes halogenated alkanes) is 3. The van der Waals surface area contributed by atoms with Crippen molar-refractivity contribution in [3.8, 4) is 11.5 Å². The van der Waals surface area contributed by atoms with E-state index >= 15 is 0 Å². The highest BCUT2D eigenvalue weighted by Gasteiger charge is 2.21. The fraction of sp³-hybridized carbons (Fsp3) is 0.577.